The Morgan fingerprint density at radius 1 is 1.32 bits per heavy atom. The summed E-state index contributed by atoms with van der Waals surface area (Å²) in [6, 6.07) is 6.41. The number of hydrogen-bond donors (Lipinski definition) is 1. The number of likely N-dealkylation sites (tertiary alicyclic amines) is 1. The van der Waals surface area contributed by atoms with Gasteiger partial charge in [-0.15, -0.1) is 24.0 Å². The van der Waals surface area contributed by atoms with Crippen LogP contribution in [0.1, 0.15) is 38.2 Å². The van der Waals surface area contributed by atoms with Gasteiger partial charge >= 0.3 is 5.97 Å². The van der Waals surface area contributed by atoms with Crippen molar-refractivity contribution in [3.63, 3.8) is 0 Å². The minimum atomic E-state index is -0.412. The van der Waals surface area contributed by atoms with Gasteiger partial charge in [0.15, 0.2) is 5.96 Å². The fraction of sp³-hybridized carbons (Fsp3) is 0.619. The van der Waals surface area contributed by atoms with Crippen molar-refractivity contribution in [2.45, 2.75) is 45.3 Å². The van der Waals surface area contributed by atoms with Crippen LogP contribution < -0.4 is 5.32 Å². The van der Waals surface area contributed by atoms with Crippen molar-refractivity contribution < 1.29 is 19.2 Å². The molecule has 2 heterocycles. The molecule has 0 spiro atoms. The number of halogens is 1. The molecule has 0 aromatic heterocycles. The molecular formula is C21H31IN4O5. The quantitative estimate of drug-likeness (QED) is 0.140. The summed E-state index contributed by atoms with van der Waals surface area (Å²) in [6.07, 6.45) is 3.96. The number of esters is 1. The molecule has 9 nitrogen and oxygen atoms in total. The molecule has 10 heteroatoms. The highest BCUT2D eigenvalue weighted by Crippen LogP contribution is 2.19. The van der Waals surface area contributed by atoms with Crippen molar-refractivity contribution in [1.29, 1.82) is 0 Å². The van der Waals surface area contributed by atoms with Crippen LogP contribution >= 0.6 is 24.0 Å². The number of rotatable bonds is 7. The highest BCUT2D eigenvalue weighted by molar-refractivity contribution is 14.0. The number of guanidine groups is 1. The van der Waals surface area contributed by atoms with Gasteiger partial charge in [0.1, 0.15) is 0 Å². The van der Waals surface area contributed by atoms with E-state index in [4.69, 9.17) is 14.5 Å². The minimum Gasteiger partial charge on any atom is -0.466 e. The Bertz CT molecular complexity index is 753. The van der Waals surface area contributed by atoms with Crippen molar-refractivity contribution in [3.05, 3.63) is 39.9 Å². The Kier molecular flexibility index (Phi) is 10.4. The summed E-state index contributed by atoms with van der Waals surface area (Å²) in [5.41, 5.74) is 0.948. The first-order valence-corrected chi connectivity index (χ1v) is 10.6. The number of ether oxygens (including phenoxy) is 2. The molecule has 0 radical (unpaired) electrons. The van der Waals surface area contributed by atoms with E-state index in [1.54, 1.807) is 12.1 Å². The third kappa shape index (κ3) is 7.60. The van der Waals surface area contributed by atoms with Crippen LogP contribution in [0.15, 0.2) is 29.3 Å². The summed E-state index contributed by atoms with van der Waals surface area (Å²) in [7, 11) is 0. The first-order chi connectivity index (χ1) is 14.6. The Morgan fingerprint density at radius 2 is 2.10 bits per heavy atom. The predicted octanol–water partition coefficient (Wildman–Crippen LogP) is 3.11. The molecule has 2 fully saturated rings. The third-order valence-electron chi connectivity index (χ3n) is 5.41. The zero-order valence-corrected chi connectivity index (χ0v) is 20.2. The molecule has 1 aromatic carbocycles. The Hall–Kier alpha value is -1.95. The number of nitrogens with one attached hydrogen (secondary N) is 1. The highest BCUT2D eigenvalue weighted by atomic mass is 127. The van der Waals surface area contributed by atoms with Gasteiger partial charge in [-0.3, -0.25) is 14.9 Å². The van der Waals surface area contributed by atoms with Gasteiger partial charge in [-0.25, -0.2) is 4.99 Å². The van der Waals surface area contributed by atoms with E-state index in [9.17, 15) is 14.9 Å². The molecule has 2 aliphatic heterocycles. The number of nitro groups is 1. The second-order valence-electron chi connectivity index (χ2n) is 7.62. The second kappa shape index (κ2) is 12.8. The molecule has 2 saturated heterocycles. The molecule has 0 saturated carbocycles. The molecule has 1 aromatic rings. The van der Waals surface area contributed by atoms with Gasteiger partial charge in [0.25, 0.3) is 5.69 Å². The lowest BCUT2D eigenvalue weighted by Gasteiger charge is -2.34. The number of nitro benzene ring substituents is 1. The molecule has 31 heavy (non-hydrogen) atoms. The topological polar surface area (TPSA) is 106 Å². The highest BCUT2D eigenvalue weighted by Gasteiger charge is 2.29. The number of carbonyl (C=O) groups excluding carboxylic acids is 1. The number of non-ortho nitro benzene ring substituents is 1. The summed E-state index contributed by atoms with van der Waals surface area (Å²) < 4.78 is 10.9. The second-order valence-corrected chi connectivity index (χ2v) is 7.62. The molecule has 1 N–H and O–H groups in total. The monoisotopic (exact) mass is 546 g/mol. The van der Waals surface area contributed by atoms with Crippen LogP contribution in [0.2, 0.25) is 0 Å². The minimum absolute atomic E-state index is 0. The van der Waals surface area contributed by atoms with Crippen LogP contribution in [0.3, 0.4) is 0 Å². The molecule has 2 unspecified atom stereocenters. The molecule has 2 atom stereocenters. The largest absolute Gasteiger partial charge is 0.466 e. The molecule has 172 valence electrons. The van der Waals surface area contributed by atoms with E-state index in [1.807, 2.05) is 6.92 Å². The SMILES string of the molecule is CCOC(=O)C1CCCN(C(=NCc2ccc([N+](=O)[O-])cc2)NCC2CCCO2)C1.I. The normalized spacial score (nSPS) is 21.3. The maximum Gasteiger partial charge on any atom is 0.310 e. The van der Waals surface area contributed by atoms with Crippen LogP contribution in [-0.2, 0) is 20.8 Å². The van der Waals surface area contributed by atoms with Gasteiger partial charge in [0, 0.05) is 38.4 Å². The number of benzene rings is 1. The van der Waals surface area contributed by atoms with Crippen molar-refractivity contribution >= 4 is 41.6 Å². The lowest BCUT2D eigenvalue weighted by atomic mass is 9.98. The van der Waals surface area contributed by atoms with Crippen LogP contribution in [-0.4, -0.2) is 60.7 Å². The zero-order chi connectivity index (χ0) is 21.3. The number of piperidine rings is 1. The fourth-order valence-corrected chi connectivity index (χ4v) is 3.79. The van der Waals surface area contributed by atoms with E-state index in [1.165, 1.54) is 12.1 Å². The van der Waals surface area contributed by atoms with Crippen molar-refractivity contribution in [2.24, 2.45) is 10.9 Å². The summed E-state index contributed by atoms with van der Waals surface area (Å²) in [4.78, 5) is 29.5. The molecule has 0 aliphatic carbocycles. The number of nitrogens with zero attached hydrogens (tertiary/aromatic N) is 3. The van der Waals surface area contributed by atoms with Gasteiger partial charge in [0.2, 0.25) is 0 Å². The van der Waals surface area contributed by atoms with E-state index in [0.717, 1.165) is 50.4 Å². The van der Waals surface area contributed by atoms with Gasteiger partial charge in [-0.1, -0.05) is 12.1 Å². The van der Waals surface area contributed by atoms with Crippen LogP contribution in [0, 0.1) is 16.0 Å². The van der Waals surface area contributed by atoms with Gasteiger partial charge in [-0.05, 0) is 38.2 Å². The average molecular weight is 546 g/mol. The van der Waals surface area contributed by atoms with Crippen molar-refractivity contribution in [1.82, 2.24) is 10.2 Å². The summed E-state index contributed by atoms with van der Waals surface area (Å²) >= 11 is 0. The van der Waals surface area contributed by atoms with Crippen molar-refractivity contribution in [3.8, 4) is 0 Å². The fourth-order valence-electron chi connectivity index (χ4n) is 3.79. The molecular weight excluding hydrogens is 515 g/mol. The lowest BCUT2D eigenvalue weighted by molar-refractivity contribution is -0.384. The molecule has 2 aliphatic rings. The van der Waals surface area contributed by atoms with Gasteiger partial charge in [0.05, 0.1) is 30.1 Å². The molecule has 0 bridgehead atoms. The van der Waals surface area contributed by atoms with Crippen LogP contribution in [0.4, 0.5) is 5.69 Å². The Morgan fingerprint density at radius 3 is 2.74 bits per heavy atom. The van der Waals surface area contributed by atoms with E-state index in [0.29, 0.717) is 26.2 Å². The first kappa shape index (κ1) is 25.3. The zero-order valence-electron chi connectivity index (χ0n) is 17.8. The lowest BCUT2D eigenvalue weighted by Crippen LogP contribution is -2.49. The average Bonchev–Trinajstić information content (AvgIpc) is 3.28. The number of hydrogen-bond acceptors (Lipinski definition) is 6. The van der Waals surface area contributed by atoms with Gasteiger partial charge < -0.3 is 19.7 Å². The summed E-state index contributed by atoms with van der Waals surface area (Å²) in [5, 5.41) is 14.3. The maximum atomic E-state index is 12.2. The Labute approximate surface area is 199 Å². The van der Waals surface area contributed by atoms with E-state index < -0.39 is 4.92 Å². The third-order valence-corrected chi connectivity index (χ3v) is 5.41. The standard InChI is InChI=1S/C21H30N4O5.HI/c1-2-29-20(26)17-5-3-11-24(15-17)21(23-14-19-6-4-12-30-19)22-13-16-7-9-18(10-8-16)25(27)28;/h7-10,17,19H,2-6,11-15H2,1H3,(H,22,23);1H. The van der Waals surface area contributed by atoms with Crippen LogP contribution in [0.5, 0.6) is 0 Å². The van der Waals surface area contributed by atoms with Crippen molar-refractivity contribution in [2.75, 3.05) is 32.8 Å². The summed E-state index contributed by atoms with van der Waals surface area (Å²) in [6.45, 7) is 5.43. The summed E-state index contributed by atoms with van der Waals surface area (Å²) in [5.74, 6) is 0.418. The van der Waals surface area contributed by atoms with Crippen LogP contribution in [0.25, 0.3) is 0 Å². The molecule has 3 rings (SSSR count). The maximum absolute atomic E-state index is 12.2. The number of carbonyl (C=O) groups is 1. The predicted molar refractivity (Wildman–Crippen MR) is 128 cm³/mol. The first-order valence-electron chi connectivity index (χ1n) is 10.6. The van der Waals surface area contributed by atoms with E-state index in [-0.39, 0.29) is 47.7 Å². The van der Waals surface area contributed by atoms with Gasteiger partial charge in [-0.2, -0.15) is 0 Å². The van der Waals surface area contributed by atoms with E-state index in [2.05, 4.69) is 10.2 Å². The number of aliphatic imine (C=N–C) groups is 1. The van der Waals surface area contributed by atoms with E-state index >= 15 is 0 Å². The smallest absolute Gasteiger partial charge is 0.310 e. The molecule has 0 amide bonds. The Balaban J connectivity index is 0.00000341.